The number of rotatable bonds is 6. The maximum Gasteiger partial charge on any atom is 0.128 e. The van der Waals surface area contributed by atoms with Crippen molar-refractivity contribution in [3.63, 3.8) is 0 Å². The fraction of sp³-hybridized carbons (Fsp3) is 0.333. The van der Waals surface area contributed by atoms with Crippen LogP contribution in [0.2, 0.25) is 5.02 Å². The van der Waals surface area contributed by atoms with E-state index in [1.165, 1.54) is 18.4 Å². The fourth-order valence-electron chi connectivity index (χ4n) is 2.18. The fourth-order valence-corrected chi connectivity index (χ4v) is 2.52. The van der Waals surface area contributed by atoms with Crippen LogP contribution in [0.15, 0.2) is 42.5 Å². The van der Waals surface area contributed by atoms with Crippen LogP contribution in [0.1, 0.15) is 43.9 Å². The number of ether oxygens (including phenoxy) is 1. The Bertz CT molecular complexity index is 578. The molecule has 21 heavy (non-hydrogen) atoms. The summed E-state index contributed by atoms with van der Waals surface area (Å²) in [6.07, 6.45) is 3.54. The number of aryl methyl sites for hydroxylation is 1. The molecular weight excluding hydrogens is 282 g/mol. The van der Waals surface area contributed by atoms with Gasteiger partial charge >= 0.3 is 0 Å². The molecule has 0 aliphatic rings. The predicted octanol–water partition coefficient (Wildman–Crippen LogP) is 5.49. The van der Waals surface area contributed by atoms with E-state index in [2.05, 4.69) is 19.1 Å². The van der Waals surface area contributed by atoms with Crippen molar-refractivity contribution < 1.29 is 4.74 Å². The molecule has 0 saturated carbocycles. The monoisotopic (exact) mass is 303 g/mol. The van der Waals surface area contributed by atoms with Gasteiger partial charge in [0.15, 0.2) is 0 Å². The lowest BCUT2D eigenvalue weighted by Gasteiger charge is -2.11. The van der Waals surface area contributed by atoms with Crippen LogP contribution < -0.4 is 10.5 Å². The smallest absolute Gasteiger partial charge is 0.128 e. The normalized spacial score (nSPS) is 12.2. The Morgan fingerprint density at radius 2 is 1.76 bits per heavy atom. The minimum absolute atomic E-state index is 0.0793. The average Bonchev–Trinajstić information content (AvgIpc) is 2.46. The van der Waals surface area contributed by atoms with E-state index in [4.69, 9.17) is 22.1 Å². The van der Waals surface area contributed by atoms with Gasteiger partial charge in [-0.25, -0.2) is 0 Å². The maximum atomic E-state index is 6.21. The third-order valence-electron chi connectivity index (χ3n) is 3.44. The first-order valence-electron chi connectivity index (χ1n) is 7.42. The van der Waals surface area contributed by atoms with Crippen LogP contribution in [0.4, 0.5) is 0 Å². The molecule has 1 atom stereocenters. The van der Waals surface area contributed by atoms with Crippen molar-refractivity contribution in [1.82, 2.24) is 0 Å². The molecule has 0 bridgehead atoms. The SMILES string of the molecule is CCCCc1ccc(Oc2ccc(C(C)N)c(Cl)c2)cc1. The molecular formula is C18H22ClNO. The van der Waals surface area contributed by atoms with Crippen molar-refractivity contribution in [2.24, 2.45) is 5.73 Å². The van der Waals surface area contributed by atoms with Crippen LogP contribution in [0.25, 0.3) is 0 Å². The van der Waals surface area contributed by atoms with Gasteiger partial charge in [-0.1, -0.05) is 43.1 Å². The molecule has 0 heterocycles. The van der Waals surface area contributed by atoms with Gasteiger partial charge in [0, 0.05) is 11.1 Å². The van der Waals surface area contributed by atoms with Crippen LogP contribution >= 0.6 is 11.6 Å². The van der Waals surface area contributed by atoms with E-state index in [1.54, 1.807) is 0 Å². The van der Waals surface area contributed by atoms with E-state index in [1.807, 2.05) is 37.3 Å². The third-order valence-corrected chi connectivity index (χ3v) is 3.77. The van der Waals surface area contributed by atoms with E-state index in [-0.39, 0.29) is 6.04 Å². The minimum Gasteiger partial charge on any atom is -0.457 e. The highest BCUT2D eigenvalue weighted by Crippen LogP contribution is 2.29. The Kier molecular flexibility index (Phi) is 5.66. The van der Waals surface area contributed by atoms with Gasteiger partial charge in [-0.15, -0.1) is 0 Å². The van der Waals surface area contributed by atoms with E-state index in [0.717, 1.165) is 23.5 Å². The van der Waals surface area contributed by atoms with Crippen molar-refractivity contribution in [2.75, 3.05) is 0 Å². The molecule has 3 heteroatoms. The summed E-state index contributed by atoms with van der Waals surface area (Å²) >= 11 is 6.21. The standard InChI is InChI=1S/C18H22ClNO/c1-3-4-5-14-6-8-15(9-7-14)21-16-10-11-17(13(2)20)18(19)12-16/h6-13H,3-5,20H2,1-2H3. The lowest BCUT2D eigenvalue weighted by atomic mass is 10.1. The first-order valence-corrected chi connectivity index (χ1v) is 7.79. The van der Waals surface area contributed by atoms with Crippen molar-refractivity contribution in [2.45, 2.75) is 39.2 Å². The topological polar surface area (TPSA) is 35.2 Å². The number of unbranched alkanes of at least 4 members (excludes halogenated alkanes) is 1. The highest BCUT2D eigenvalue weighted by Gasteiger charge is 2.07. The van der Waals surface area contributed by atoms with E-state index < -0.39 is 0 Å². The first-order chi connectivity index (χ1) is 10.1. The largest absolute Gasteiger partial charge is 0.457 e. The summed E-state index contributed by atoms with van der Waals surface area (Å²) in [4.78, 5) is 0. The number of nitrogens with two attached hydrogens (primary N) is 1. The zero-order valence-electron chi connectivity index (χ0n) is 12.6. The second kappa shape index (κ2) is 7.48. The quantitative estimate of drug-likeness (QED) is 0.765. The Hall–Kier alpha value is -1.51. The molecule has 0 spiro atoms. The summed E-state index contributed by atoms with van der Waals surface area (Å²) in [5.74, 6) is 1.55. The summed E-state index contributed by atoms with van der Waals surface area (Å²) in [5, 5.41) is 0.641. The van der Waals surface area contributed by atoms with Crippen LogP contribution in [-0.4, -0.2) is 0 Å². The number of halogens is 1. The summed E-state index contributed by atoms with van der Waals surface area (Å²) < 4.78 is 5.83. The minimum atomic E-state index is -0.0793. The van der Waals surface area contributed by atoms with Gasteiger partial charge in [-0.2, -0.15) is 0 Å². The number of hydrogen-bond acceptors (Lipinski definition) is 2. The van der Waals surface area contributed by atoms with Crippen LogP contribution in [0, 0.1) is 0 Å². The van der Waals surface area contributed by atoms with Gasteiger partial charge in [-0.3, -0.25) is 0 Å². The molecule has 0 radical (unpaired) electrons. The van der Waals surface area contributed by atoms with Gasteiger partial charge < -0.3 is 10.5 Å². The third kappa shape index (κ3) is 4.48. The lowest BCUT2D eigenvalue weighted by molar-refractivity contribution is 0.482. The molecule has 1 unspecified atom stereocenters. The second-order valence-corrected chi connectivity index (χ2v) is 5.73. The van der Waals surface area contributed by atoms with Crippen molar-refractivity contribution in [3.8, 4) is 11.5 Å². The molecule has 0 amide bonds. The Morgan fingerprint density at radius 1 is 1.10 bits per heavy atom. The zero-order chi connectivity index (χ0) is 15.2. The second-order valence-electron chi connectivity index (χ2n) is 5.32. The lowest BCUT2D eigenvalue weighted by Crippen LogP contribution is -2.05. The van der Waals surface area contributed by atoms with Crippen molar-refractivity contribution in [3.05, 3.63) is 58.6 Å². The molecule has 2 rings (SSSR count). The van der Waals surface area contributed by atoms with Crippen molar-refractivity contribution in [1.29, 1.82) is 0 Å². The Balaban J connectivity index is 2.06. The highest BCUT2D eigenvalue weighted by molar-refractivity contribution is 6.31. The van der Waals surface area contributed by atoms with E-state index in [9.17, 15) is 0 Å². The van der Waals surface area contributed by atoms with Gasteiger partial charge in [0.05, 0.1) is 0 Å². The molecule has 2 nitrogen and oxygen atoms in total. The molecule has 0 aliphatic heterocycles. The Morgan fingerprint density at radius 3 is 2.33 bits per heavy atom. The first kappa shape index (κ1) is 15.9. The van der Waals surface area contributed by atoms with Crippen LogP contribution in [-0.2, 0) is 6.42 Å². The molecule has 0 saturated heterocycles. The van der Waals surface area contributed by atoms with Crippen LogP contribution in [0.5, 0.6) is 11.5 Å². The maximum absolute atomic E-state index is 6.21. The predicted molar refractivity (Wildman–Crippen MR) is 89.2 cm³/mol. The molecule has 0 fully saturated rings. The van der Waals surface area contributed by atoms with Gasteiger partial charge in [0.2, 0.25) is 0 Å². The van der Waals surface area contributed by atoms with E-state index in [0.29, 0.717) is 5.02 Å². The summed E-state index contributed by atoms with van der Waals surface area (Å²) in [6, 6.07) is 13.8. The van der Waals surface area contributed by atoms with Crippen LogP contribution in [0.3, 0.4) is 0 Å². The van der Waals surface area contributed by atoms with Crippen molar-refractivity contribution >= 4 is 11.6 Å². The summed E-state index contributed by atoms with van der Waals surface area (Å²) in [7, 11) is 0. The average molecular weight is 304 g/mol. The van der Waals surface area contributed by atoms with Gasteiger partial charge in [0.25, 0.3) is 0 Å². The summed E-state index contributed by atoms with van der Waals surface area (Å²) in [6.45, 7) is 4.11. The zero-order valence-corrected chi connectivity index (χ0v) is 13.4. The van der Waals surface area contributed by atoms with Gasteiger partial charge in [0.1, 0.15) is 11.5 Å². The number of benzene rings is 2. The molecule has 2 aromatic rings. The molecule has 2 aromatic carbocycles. The molecule has 0 aliphatic carbocycles. The number of hydrogen-bond donors (Lipinski definition) is 1. The molecule has 0 aromatic heterocycles. The van der Waals surface area contributed by atoms with E-state index >= 15 is 0 Å². The molecule has 112 valence electrons. The molecule has 2 N–H and O–H groups in total. The Labute approximate surface area is 131 Å². The summed E-state index contributed by atoms with van der Waals surface area (Å²) in [5.41, 5.74) is 8.12. The highest BCUT2D eigenvalue weighted by atomic mass is 35.5. The van der Waals surface area contributed by atoms with Gasteiger partial charge in [-0.05, 0) is 55.2 Å².